The minimum atomic E-state index is -0.381. The summed E-state index contributed by atoms with van der Waals surface area (Å²) in [7, 11) is 0. The largest absolute Gasteiger partial charge is 0.461 e. The Kier molecular flexibility index (Phi) is 5.23. The summed E-state index contributed by atoms with van der Waals surface area (Å²) in [5.41, 5.74) is 0.664. The number of anilines is 1. The zero-order chi connectivity index (χ0) is 20.2. The number of aryl methyl sites for hydroxylation is 1. The number of aromatic nitrogens is 2. The van der Waals surface area contributed by atoms with E-state index in [1.54, 1.807) is 35.2 Å². The summed E-state index contributed by atoms with van der Waals surface area (Å²) in [6.07, 6.45) is 2.13. The summed E-state index contributed by atoms with van der Waals surface area (Å²) in [6.45, 7) is 2.10. The number of carbonyl (C=O) groups is 1. The summed E-state index contributed by atoms with van der Waals surface area (Å²) >= 11 is 0. The van der Waals surface area contributed by atoms with E-state index < -0.39 is 0 Å². The van der Waals surface area contributed by atoms with Gasteiger partial charge in [0.2, 0.25) is 17.6 Å². The smallest absolute Gasteiger partial charge is 0.292 e. The number of nitrogens with zero attached hydrogens (tertiary/aromatic N) is 5. The highest BCUT2D eigenvalue weighted by Crippen LogP contribution is 2.28. The summed E-state index contributed by atoms with van der Waals surface area (Å²) in [4.78, 5) is 31.3. The molecular weight excluding hydrogens is 378 g/mol. The van der Waals surface area contributed by atoms with Crippen LogP contribution in [0.25, 0.3) is 11.6 Å². The first-order valence-electron chi connectivity index (χ1n) is 9.24. The number of hydrogen-bond donors (Lipinski definition) is 0. The number of para-hydroxylation sites is 2. The molecule has 29 heavy (non-hydrogen) atoms. The maximum Gasteiger partial charge on any atom is 0.292 e. The molecule has 1 saturated heterocycles. The quantitative estimate of drug-likeness (QED) is 0.460. The predicted molar refractivity (Wildman–Crippen MR) is 102 cm³/mol. The normalized spacial score (nSPS) is 14.2. The standard InChI is InChI=1S/C19H19N5O5/c25-18(8-7-17-20-19(21-29-17)16-6-3-13-28-16)23-11-9-22(10-12-23)14-4-1-2-5-15(14)24(26)27/h1-6,13H,7-12H2. The Morgan fingerprint density at radius 3 is 2.66 bits per heavy atom. The van der Waals surface area contributed by atoms with Gasteiger partial charge in [0.05, 0.1) is 11.2 Å². The fourth-order valence-corrected chi connectivity index (χ4v) is 3.32. The maximum absolute atomic E-state index is 12.5. The first-order chi connectivity index (χ1) is 14.1. The van der Waals surface area contributed by atoms with Gasteiger partial charge in [-0.2, -0.15) is 4.98 Å². The Morgan fingerprint density at radius 1 is 1.14 bits per heavy atom. The van der Waals surface area contributed by atoms with Crippen LogP contribution in [0.3, 0.4) is 0 Å². The molecule has 0 radical (unpaired) electrons. The van der Waals surface area contributed by atoms with Crippen molar-refractivity contribution in [3.63, 3.8) is 0 Å². The van der Waals surface area contributed by atoms with Crippen LogP contribution in [-0.2, 0) is 11.2 Å². The van der Waals surface area contributed by atoms with Gasteiger partial charge in [-0.25, -0.2) is 0 Å². The number of amides is 1. The molecule has 0 N–H and O–H groups in total. The van der Waals surface area contributed by atoms with E-state index in [9.17, 15) is 14.9 Å². The fourth-order valence-electron chi connectivity index (χ4n) is 3.32. The van der Waals surface area contributed by atoms with Gasteiger partial charge < -0.3 is 18.7 Å². The van der Waals surface area contributed by atoms with Crippen molar-refractivity contribution in [2.45, 2.75) is 12.8 Å². The van der Waals surface area contributed by atoms with Crippen LogP contribution in [0, 0.1) is 10.1 Å². The Hall–Kier alpha value is -3.69. The molecule has 2 aromatic heterocycles. The molecule has 3 aromatic rings. The molecule has 1 aliphatic heterocycles. The monoisotopic (exact) mass is 397 g/mol. The second kappa shape index (κ2) is 8.13. The lowest BCUT2D eigenvalue weighted by Crippen LogP contribution is -2.49. The highest BCUT2D eigenvalue weighted by atomic mass is 16.6. The number of nitro groups is 1. The Bertz CT molecular complexity index is 992. The van der Waals surface area contributed by atoms with Crippen LogP contribution >= 0.6 is 0 Å². The topological polar surface area (TPSA) is 119 Å². The van der Waals surface area contributed by atoms with Crippen LogP contribution < -0.4 is 4.90 Å². The minimum absolute atomic E-state index is 0.00930. The van der Waals surface area contributed by atoms with Gasteiger partial charge in [0.15, 0.2) is 5.76 Å². The number of carbonyl (C=O) groups excluding carboxylic acids is 1. The van der Waals surface area contributed by atoms with E-state index in [2.05, 4.69) is 10.1 Å². The SMILES string of the molecule is O=C(CCc1nc(-c2ccco2)no1)N1CCN(c2ccccc2[N+](=O)[O-])CC1. The maximum atomic E-state index is 12.5. The lowest BCUT2D eigenvalue weighted by atomic mass is 10.2. The second-order valence-corrected chi connectivity index (χ2v) is 6.60. The zero-order valence-corrected chi connectivity index (χ0v) is 15.6. The van der Waals surface area contributed by atoms with Gasteiger partial charge >= 0.3 is 0 Å². The van der Waals surface area contributed by atoms with Crippen molar-refractivity contribution in [3.8, 4) is 11.6 Å². The summed E-state index contributed by atoms with van der Waals surface area (Å²) in [5, 5.41) is 15.1. The second-order valence-electron chi connectivity index (χ2n) is 6.60. The van der Waals surface area contributed by atoms with Gasteiger partial charge in [-0.15, -0.1) is 0 Å². The number of benzene rings is 1. The Labute approximate surface area is 165 Å². The third kappa shape index (κ3) is 4.10. The lowest BCUT2D eigenvalue weighted by Gasteiger charge is -2.35. The van der Waals surface area contributed by atoms with E-state index in [0.29, 0.717) is 55.8 Å². The van der Waals surface area contributed by atoms with E-state index in [4.69, 9.17) is 8.94 Å². The van der Waals surface area contributed by atoms with Gasteiger partial charge in [0.25, 0.3) is 5.69 Å². The van der Waals surface area contributed by atoms with Gasteiger partial charge in [0, 0.05) is 45.1 Å². The summed E-state index contributed by atoms with van der Waals surface area (Å²) in [6, 6.07) is 10.1. The first kappa shape index (κ1) is 18.7. The molecule has 1 aromatic carbocycles. The van der Waals surface area contributed by atoms with Crippen LogP contribution in [0.4, 0.5) is 11.4 Å². The Morgan fingerprint density at radius 2 is 1.93 bits per heavy atom. The fraction of sp³-hybridized carbons (Fsp3) is 0.316. The van der Waals surface area contributed by atoms with Crippen molar-refractivity contribution >= 4 is 17.3 Å². The van der Waals surface area contributed by atoms with Crippen LogP contribution in [-0.4, -0.2) is 52.1 Å². The third-order valence-corrected chi connectivity index (χ3v) is 4.81. The molecule has 150 valence electrons. The van der Waals surface area contributed by atoms with Crippen LogP contribution in [0.15, 0.2) is 51.6 Å². The number of furan rings is 1. The molecule has 10 heteroatoms. The number of hydrogen-bond acceptors (Lipinski definition) is 8. The van der Waals surface area contributed by atoms with Crippen molar-refractivity contribution in [1.82, 2.24) is 15.0 Å². The number of piperazine rings is 1. The molecule has 1 amide bonds. The molecule has 4 rings (SSSR count). The lowest BCUT2D eigenvalue weighted by molar-refractivity contribution is -0.384. The first-order valence-corrected chi connectivity index (χ1v) is 9.24. The minimum Gasteiger partial charge on any atom is -0.461 e. The van der Waals surface area contributed by atoms with E-state index >= 15 is 0 Å². The third-order valence-electron chi connectivity index (χ3n) is 4.81. The molecule has 0 aliphatic carbocycles. The van der Waals surface area contributed by atoms with Crippen LogP contribution in [0.2, 0.25) is 0 Å². The summed E-state index contributed by atoms with van der Waals surface area (Å²) in [5.74, 6) is 1.24. The highest BCUT2D eigenvalue weighted by molar-refractivity contribution is 5.77. The van der Waals surface area contributed by atoms with Gasteiger partial charge in [-0.3, -0.25) is 14.9 Å². The molecule has 0 atom stereocenters. The molecular formula is C19H19N5O5. The van der Waals surface area contributed by atoms with Crippen LogP contribution in [0.1, 0.15) is 12.3 Å². The Balaban J connectivity index is 1.30. The average molecular weight is 397 g/mol. The zero-order valence-electron chi connectivity index (χ0n) is 15.6. The number of nitro benzene ring substituents is 1. The van der Waals surface area contributed by atoms with Crippen molar-refractivity contribution in [2.24, 2.45) is 0 Å². The highest BCUT2D eigenvalue weighted by Gasteiger charge is 2.25. The van der Waals surface area contributed by atoms with E-state index in [-0.39, 0.29) is 22.9 Å². The molecule has 0 bridgehead atoms. The van der Waals surface area contributed by atoms with Crippen LogP contribution in [0.5, 0.6) is 0 Å². The van der Waals surface area contributed by atoms with Gasteiger partial charge in [-0.05, 0) is 18.2 Å². The van der Waals surface area contributed by atoms with E-state index in [1.807, 2.05) is 4.90 Å². The molecule has 0 spiro atoms. The molecule has 1 fully saturated rings. The molecule has 1 aliphatic rings. The summed E-state index contributed by atoms with van der Waals surface area (Å²) < 4.78 is 10.4. The van der Waals surface area contributed by atoms with Crippen molar-refractivity contribution in [2.75, 3.05) is 31.1 Å². The van der Waals surface area contributed by atoms with Crippen molar-refractivity contribution < 1.29 is 18.7 Å². The van der Waals surface area contributed by atoms with Gasteiger partial charge in [0.1, 0.15) is 5.69 Å². The van der Waals surface area contributed by atoms with E-state index in [1.165, 1.54) is 12.3 Å². The van der Waals surface area contributed by atoms with Crippen molar-refractivity contribution in [1.29, 1.82) is 0 Å². The molecule has 3 heterocycles. The average Bonchev–Trinajstić information content (AvgIpc) is 3.44. The predicted octanol–water partition coefficient (Wildman–Crippen LogP) is 2.52. The molecule has 0 unspecified atom stereocenters. The van der Waals surface area contributed by atoms with Crippen molar-refractivity contribution in [3.05, 3.63) is 58.7 Å². The molecule has 0 saturated carbocycles. The number of rotatable bonds is 6. The molecule has 10 nitrogen and oxygen atoms in total. The van der Waals surface area contributed by atoms with E-state index in [0.717, 1.165) is 0 Å². The van der Waals surface area contributed by atoms with Gasteiger partial charge in [-0.1, -0.05) is 17.3 Å².